The van der Waals surface area contributed by atoms with Gasteiger partial charge in [-0.3, -0.25) is 19.1 Å². The van der Waals surface area contributed by atoms with Crippen molar-refractivity contribution in [3.63, 3.8) is 0 Å². The van der Waals surface area contributed by atoms with E-state index < -0.39 is 5.91 Å². The van der Waals surface area contributed by atoms with Crippen LogP contribution in [0.4, 0.5) is 11.4 Å². The number of carbonyl (C=O) groups is 2. The molecule has 0 unspecified atom stereocenters. The van der Waals surface area contributed by atoms with E-state index in [1.165, 1.54) is 4.68 Å². The molecule has 2 amide bonds. The van der Waals surface area contributed by atoms with Gasteiger partial charge in [0.15, 0.2) is 6.61 Å². The first kappa shape index (κ1) is 22.6. The lowest BCUT2D eigenvalue weighted by molar-refractivity contribution is -0.118. The number of amides is 2. The smallest absolute Gasteiger partial charge is 0.295 e. The zero-order chi connectivity index (χ0) is 24.1. The fraction of sp³-hybridized carbons (Fsp3) is 0.115. The van der Waals surface area contributed by atoms with E-state index in [-0.39, 0.29) is 29.5 Å². The highest BCUT2D eigenvalue weighted by Gasteiger charge is 2.19. The van der Waals surface area contributed by atoms with E-state index >= 15 is 0 Å². The Kier molecular flexibility index (Phi) is 6.59. The molecule has 3 aromatic carbocycles. The predicted molar refractivity (Wildman–Crippen MR) is 131 cm³/mol. The lowest BCUT2D eigenvalue weighted by atomic mass is 10.2. The topological polar surface area (TPSA) is 94.4 Å². The fourth-order valence-corrected chi connectivity index (χ4v) is 3.53. The lowest BCUT2D eigenvalue weighted by Gasteiger charge is -2.11. The molecule has 0 radical (unpaired) electrons. The minimum Gasteiger partial charge on any atom is -0.483 e. The van der Waals surface area contributed by atoms with Crippen molar-refractivity contribution in [2.24, 2.45) is 7.05 Å². The molecule has 2 N–H and O–H groups in total. The number of rotatable bonds is 7. The molecule has 4 rings (SSSR count). The average molecular weight is 457 g/mol. The van der Waals surface area contributed by atoms with E-state index in [1.54, 1.807) is 55.1 Å². The summed E-state index contributed by atoms with van der Waals surface area (Å²) in [7, 11) is 1.75. The van der Waals surface area contributed by atoms with Crippen LogP contribution in [0.25, 0.3) is 5.69 Å². The van der Waals surface area contributed by atoms with Crippen molar-refractivity contribution in [2.45, 2.75) is 6.92 Å². The number of hydrogen-bond acceptors (Lipinski definition) is 4. The molecule has 4 aromatic rings. The van der Waals surface area contributed by atoms with E-state index in [4.69, 9.17) is 4.74 Å². The number of ether oxygens (including phenoxy) is 1. The van der Waals surface area contributed by atoms with Gasteiger partial charge in [-0.1, -0.05) is 48.5 Å². The van der Waals surface area contributed by atoms with E-state index in [9.17, 15) is 14.4 Å². The van der Waals surface area contributed by atoms with Gasteiger partial charge in [-0.15, -0.1) is 0 Å². The molecule has 0 saturated carbocycles. The highest BCUT2D eigenvalue weighted by molar-refractivity contribution is 6.06. The maximum absolute atomic E-state index is 13.0. The third-order valence-corrected chi connectivity index (χ3v) is 5.34. The highest BCUT2D eigenvalue weighted by Crippen LogP contribution is 2.20. The van der Waals surface area contributed by atoms with Gasteiger partial charge in [0, 0.05) is 12.7 Å². The Balaban J connectivity index is 1.47. The van der Waals surface area contributed by atoms with Crippen LogP contribution in [0.2, 0.25) is 0 Å². The third-order valence-electron chi connectivity index (χ3n) is 5.34. The predicted octanol–water partition coefficient (Wildman–Crippen LogP) is 3.75. The Morgan fingerprint density at radius 1 is 0.853 bits per heavy atom. The Hall–Kier alpha value is -4.59. The lowest BCUT2D eigenvalue weighted by Crippen LogP contribution is -2.26. The van der Waals surface area contributed by atoms with Gasteiger partial charge in [-0.2, -0.15) is 0 Å². The maximum Gasteiger partial charge on any atom is 0.295 e. The van der Waals surface area contributed by atoms with Crippen LogP contribution in [0.1, 0.15) is 16.1 Å². The largest absolute Gasteiger partial charge is 0.483 e. The second kappa shape index (κ2) is 9.91. The number of nitrogens with one attached hydrogen (secondary N) is 2. The van der Waals surface area contributed by atoms with E-state index in [2.05, 4.69) is 10.6 Å². The van der Waals surface area contributed by atoms with Crippen molar-refractivity contribution in [2.75, 3.05) is 17.2 Å². The Bertz CT molecular complexity index is 1380. The molecule has 0 aliphatic carbocycles. The maximum atomic E-state index is 13.0. The standard InChI is InChI=1S/C26H24N4O4/c1-18-24(26(33)30(29(18)2)20-13-7-4-8-14-20)28-23(31)17-34-22-16-10-9-15-21(22)25(32)27-19-11-5-3-6-12-19/h3-16H,17H2,1-2H3,(H,27,32)(H,28,31). The van der Waals surface area contributed by atoms with E-state index in [1.807, 2.05) is 48.5 Å². The number of para-hydroxylation sites is 3. The second-order valence-corrected chi connectivity index (χ2v) is 7.59. The molecule has 1 aromatic heterocycles. The molecule has 34 heavy (non-hydrogen) atoms. The van der Waals surface area contributed by atoms with Gasteiger partial charge in [0.05, 0.1) is 16.9 Å². The molecule has 1 heterocycles. The average Bonchev–Trinajstić information content (AvgIpc) is 3.07. The Labute approximate surface area is 196 Å². The summed E-state index contributed by atoms with van der Waals surface area (Å²) in [5, 5.41) is 5.45. The van der Waals surface area contributed by atoms with Crippen molar-refractivity contribution in [1.82, 2.24) is 9.36 Å². The van der Waals surface area contributed by atoms with Gasteiger partial charge in [0.25, 0.3) is 17.4 Å². The zero-order valence-electron chi connectivity index (χ0n) is 18.8. The number of anilines is 2. The number of hydrogen-bond donors (Lipinski definition) is 2. The van der Waals surface area contributed by atoms with Crippen molar-refractivity contribution < 1.29 is 14.3 Å². The second-order valence-electron chi connectivity index (χ2n) is 7.59. The summed E-state index contributed by atoms with van der Waals surface area (Å²) in [5.74, 6) is -0.603. The quantitative estimate of drug-likeness (QED) is 0.443. The third kappa shape index (κ3) is 4.75. The number of aromatic nitrogens is 2. The summed E-state index contributed by atoms with van der Waals surface area (Å²) in [6, 6.07) is 24.9. The van der Waals surface area contributed by atoms with Crippen molar-refractivity contribution >= 4 is 23.2 Å². The van der Waals surface area contributed by atoms with Crippen LogP contribution in [-0.2, 0) is 11.8 Å². The van der Waals surface area contributed by atoms with Gasteiger partial charge < -0.3 is 15.4 Å². The molecule has 0 fully saturated rings. The van der Waals surface area contributed by atoms with Crippen LogP contribution < -0.4 is 20.9 Å². The number of carbonyl (C=O) groups excluding carboxylic acids is 2. The molecule has 8 heteroatoms. The monoisotopic (exact) mass is 456 g/mol. The van der Waals surface area contributed by atoms with Crippen LogP contribution in [-0.4, -0.2) is 27.8 Å². The van der Waals surface area contributed by atoms with Crippen molar-refractivity contribution in [3.8, 4) is 11.4 Å². The van der Waals surface area contributed by atoms with E-state index in [0.717, 1.165) is 0 Å². The van der Waals surface area contributed by atoms with Gasteiger partial charge in [-0.05, 0) is 43.3 Å². The molecule has 0 saturated heterocycles. The molecule has 0 bridgehead atoms. The van der Waals surface area contributed by atoms with Crippen LogP contribution in [0.3, 0.4) is 0 Å². The zero-order valence-corrected chi connectivity index (χ0v) is 18.8. The minimum atomic E-state index is -0.510. The molecule has 0 atom stereocenters. The summed E-state index contributed by atoms with van der Waals surface area (Å²) < 4.78 is 8.80. The normalized spacial score (nSPS) is 10.5. The molecule has 0 aliphatic heterocycles. The summed E-state index contributed by atoms with van der Waals surface area (Å²) in [6.07, 6.45) is 0. The van der Waals surface area contributed by atoms with Crippen LogP contribution in [0.5, 0.6) is 5.75 Å². The first-order chi connectivity index (χ1) is 16.5. The first-order valence-electron chi connectivity index (χ1n) is 10.7. The molecular weight excluding hydrogens is 432 g/mol. The van der Waals surface area contributed by atoms with Gasteiger partial charge in [0.2, 0.25) is 0 Å². The van der Waals surface area contributed by atoms with Crippen molar-refractivity contribution in [3.05, 3.63) is 107 Å². The molecule has 0 aliphatic rings. The van der Waals surface area contributed by atoms with E-state index in [0.29, 0.717) is 22.6 Å². The van der Waals surface area contributed by atoms with Crippen molar-refractivity contribution in [1.29, 1.82) is 0 Å². The number of benzene rings is 3. The molecule has 8 nitrogen and oxygen atoms in total. The fourth-order valence-electron chi connectivity index (χ4n) is 3.53. The van der Waals surface area contributed by atoms with Gasteiger partial charge >= 0.3 is 0 Å². The minimum absolute atomic E-state index is 0.176. The molecule has 172 valence electrons. The summed E-state index contributed by atoms with van der Waals surface area (Å²) in [6.45, 7) is 1.38. The van der Waals surface area contributed by atoms with Gasteiger partial charge in [-0.25, -0.2) is 4.68 Å². The SMILES string of the molecule is Cc1c(NC(=O)COc2ccccc2C(=O)Nc2ccccc2)c(=O)n(-c2ccccc2)n1C. The first-order valence-corrected chi connectivity index (χ1v) is 10.7. The Morgan fingerprint density at radius 3 is 2.18 bits per heavy atom. The molecular formula is C26H24N4O4. The van der Waals surface area contributed by atoms with Crippen LogP contribution in [0, 0.1) is 6.92 Å². The summed E-state index contributed by atoms with van der Waals surface area (Å²) in [5.41, 5.74) is 2.06. The van der Waals surface area contributed by atoms with Crippen LogP contribution in [0.15, 0.2) is 89.7 Å². The van der Waals surface area contributed by atoms with Crippen LogP contribution >= 0.6 is 0 Å². The molecule has 0 spiro atoms. The number of nitrogens with zero attached hydrogens (tertiary/aromatic N) is 2. The highest BCUT2D eigenvalue weighted by atomic mass is 16.5. The summed E-state index contributed by atoms with van der Waals surface area (Å²) >= 11 is 0. The summed E-state index contributed by atoms with van der Waals surface area (Å²) in [4.78, 5) is 38.3. The van der Waals surface area contributed by atoms with Gasteiger partial charge in [0.1, 0.15) is 11.4 Å². The Morgan fingerprint density at radius 2 is 1.47 bits per heavy atom.